The first-order valence-electron chi connectivity index (χ1n) is 6.49. The van der Waals surface area contributed by atoms with Crippen LogP contribution >= 0.6 is 0 Å². The van der Waals surface area contributed by atoms with Crippen molar-refractivity contribution in [1.29, 1.82) is 0 Å². The Balaban J connectivity index is 2.46. The third-order valence-corrected chi connectivity index (χ3v) is 3.35. The first-order valence-corrected chi connectivity index (χ1v) is 6.49. The molecule has 5 heteroatoms. The molecule has 0 aliphatic heterocycles. The van der Waals surface area contributed by atoms with Gasteiger partial charge in [0, 0.05) is 19.8 Å². The highest BCUT2D eigenvalue weighted by Gasteiger charge is 2.34. The molecule has 2 nitrogen and oxygen atoms in total. The van der Waals surface area contributed by atoms with Gasteiger partial charge in [0.15, 0.2) is 0 Å². The average molecular weight is 294 g/mol. The van der Waals surface area contributed by atoms with Crippen molar-refractivity contribution in [2.24, 2.45) is 5.73 Å². The molecule has 0 radical (unpaired) electrons. The summed E-state index contributed by atoms with van der Waals surface area (Å²) in [5, 5.41) is 0. The van der Waals surface area contributed by atoms with Gasteiger partial charge in [-0.15, -0.1) is 0 Å². The lowest BCUT2D eigenvalue weighted by Gasteiger charge is -2.20. The summed E-state index contributed by atoms with van der Waals surface area (Å²) < 4.78 is 39.2. The van der Waals surface area contributed by atoms with E-state index in [1.54, 1.807) is 24.3 Å². The Morgan fingerprint density at radius 2 is 1.67 bits per heavy atom. The van der Waals surface area contributed by atoms with Gasteiger partial charge in [-0.2, -0.15) is 13.2 Å². The average Bonchev–Trinajstić information content (AvgIpc) is 2.45. The zero-order valence-corrected chi connectivity index (χ0v) is 11.9. The van der Waals surface area contributed by atoms with E-state index in [0.29, 0.717) is 5.56 Å². The summed E-state index contributed by atoms with van der Waals surface area (Å²) in [5.41, 5.74) is 7.01. The van der Waals surface area contributed by atoms with Crippen molar-refractivity contribution in [3.05, 3.63) is 65.2 Å². The second-order valence-electron chi connectivity index (χ2n) is 5.05. The molecule has 0 spiro atoms. The highest BCUT2D eigenvalue weighted by atomic mass is 19.4. The van der Waals surface area contributed by atoms with Crippen LogP contribution in [-0.2, 0) is 6.18 Å². The first-order chi connectivity index (χ1) is 9.80. The Labute approximate surface area is 122 Å². The second kappa shape index (κ2) is 5.77. The molecule has 2 aromatic rings. The van der Waals surface area contributed by atoms with E-state index in [1.807, 2.05) is 25.1 Å². The number of hydrogen-bond donors (Lipinski definition) is 1. The fourth-order valence-corrected chi connectivity index (χ4v) is 2.20. The molecule has 2 rings (SSSR count). The SMILES string of the molecule is CN(C)c1cccc(C(N)c2ccccc2C(F)(F)F)c1. The van der Waals surface area contributed by atoms with Crippen LogP contribution < -0.4 is 10.6 Å². The molecular formula is C16H17F3N2. The molecule has 2 aromatic carbocycles. The minimum Gasteiger partial charge on any atom is -0.378 e. The van der Waals surface area contributed by atoms with Crippen molar-refractivity contribution in [3.63, 3.8) is 0 Å². The number of nitrogens with zero attached hydrogens (tertiary/aromatic N) is 1. The maximum Gasteiger partial charge on any atom is 0.416 e. The van der Waals surface area contributed by atoms with Gasteiger partial charge in [0.2, 0.25) is 0 Å². The standard InChI is InChI=1S/C16H17F3N2/c1-21(2)12-7-5-6-11(10-12)15(20)13-8-3-4-9-14(13)16(17,18)19/h3-10,15H,20H2,1-2H3. The Morgan fingerprint density at radius 1 is 1.00 bits per heavy atom. The largest absolute Gasteiger partial charge is 0.416 e. The van der Waals surface area contributed by atoms with Crippen molar-refractivity contribution in [2.75, 3.05) is 19.0 Å². The van der Waals surface area contributed by atoms with Crippen LogP contribution in [-0.4, -0.2) is 14.1 Å². The molecule has 0 aliphatic carbocycles. The van der Waals surface area contributed by atoms with Crippen LogP contribution in [0.1, 0.15) is 22.7 Å². The predicted octanol–water partition coefficient (Wildman–Crippen LogP) is 3.82. The summed E-state index contributed by atoms with van der Waals surface area (Å²) in [7, 11) is 3.74. The van der Waals surface area contributed by atoms with Crippen LogP contribution in [0.2, 0.25) is 0 Å². The Morgan fingerprint density at radius 3 is 2.29 bits per heavy atom. The van der Waals surface area contributed by atoms with Crippen LogP contribution in [0.15, 0.2) is 48.5 Å². The van der Waals surface area contributed by atoms with Crippen molar-refractivity contribution < 1.29 is 13.2 Å². The molecule has 0 aromatic heterocycles. The fourth-order valence-electron chi connectivity index (χ4n) is 2.20. The third-order valence-electron chi connectivity index (χ3n) is 3.35. The van der Waals surface area contributed by atoms with Gasteiger partial charge < -0.3 is 10.6 Å². The Hall–Kier alpha value is -2.01. The smallest absolute Gasteiger partial charge is 0.378 e. The van der Waals surface area contributed by atoms with E-state index in [-0.39, 0.29) is 5.56 Å². The number of hydrogen-bond acceptors (Lipinski definition) is 2. The summed E-state index contributed by atoms with van der Waals surface area (Å²) in [6.07, 6.45) is -4.41. The van der Waals surface area contributed by atoms with E-state index in [4.69, 9.17) is 5.73 Å². The van der Waals surface area contributed by atoms with Gasteiger partial charge in [-0.25, -0.2) is 0 Å². The van der Waals surface area contributed by atoms with Crippen LogP contribution in [0, 0.1) is 0 Å². The number of benzene rings is 2. The maximum atomic E-state index is 13.1. The number of anilines is 1. The van der Waals surface area contributed by atoms with Crippen LogP contribution in [0.3, 0.4) is 0 Å². The first kappa shape index (κ1) is 15.4. The summed E-state index contributed by atoms with van der Waals surface area (Å²) in [5.74, 6) is 0. The fraction of sp³-hybridized carbons (Fsp3) is 0.250. The van der Waals surface area contributed by atoms with Crippen molar-refractivity contribution in [2.45, 2.75) is 12.2 Å². The molecule has 0 amide bonds. The highest BCUT2D eigenvalue weighted by Crippen LogP contribution is 2.36. The molecule has 0 bridgehead atoms. The quantitative estimate of drug-likeness (QED) is 0.932. The molecule has 1 atom stereocenters. The zero-order chi connectivity index (χ0) is 15.6. The normalized spacial score (nSPS) is 13.0. The van der Waals surface area contributed by atoms with E-state index < -0.39 is 17.8 Å². The van der Waals surface area contributed by atoms with Gasteiger partial charge in [0.1, 0.15) is 0 Å². The number of halogens is 3. The summed E-state index contributed by atoms with van der Waals surface area (Å²) >= 11 is 0. The summed E-state index contributed by atoms with van der Waals surface area (Å²) in [6, 6.07) is 11.8. The van der Waals surface area contributed by atoms with Gasteiger partial charge in [0.05, 0.1) is 11.6 Å². The third kappa shape index (κ3) is 3.36. The minimum atomic E-state index is -4.41. The lowest BCUT2D eigenvalue weighted by atomic mass is 9.94. The molecule has 0 saturated heterocycles. The summed E-state index contributed by atoms with van der Waals surface area (Å²) in [4.78, 5) is 1.88. The maximum absolute atomic E-state index is 13.1. The molecule has 2 N–H and O–H groups in total. The molecule has 0 fully saturated rings. The summed E-state index contributed by atoms with van der Waals surface area (Å²) in [6.45, 7) is 0. The predicted molar refractivity (Wildman–Crippen MR) is 78.2 cm³/mol. The van der Waals surface area contributed by atoms with Crippen LogP contribution in [0.5, 0.6) is 0 Å². The minimum absolute atomic E-state index is 0.0842. The van der Waals surface area contributed by atoms with Gasteiger partial charge in [0.25, 0.3) is 0 Å². The van der Waals surface area contributed by atoms with Crippen molar-refractivity contribution in [3.8, 4) is 0 Å². The number of rotatable bonds is 3. The number of nitrogens with two attached hydrogens (primary N) is 1. The van der Waals surface area contributed by atoms with Gasteiger partial charge >= 0.3 is 6.18 Å². The molecular weight excluding hydrogens is 277 g/mol. The molecule has 21 heavy (non-hydrogen) atoms. The highest BCUT2D eigenvalue weighted by molar-refractivity contribution is 5.50. The van der Waals surface area contributed by atoms with Crippen molar-refractivity contribution in [1.82, 2.24) is 0 Å². The number of alkyl halides is 3. The van der Waals surface area contributed by atoms with E-state index in [1.165, 1.54) is 12.1 Å². The second-order valence-corrected chi connectivity index (χ2v) is 5.05. The van der Waals surface area contributed by atoms with Gasteiger partial charge in [-0.05, 0) is 29.3 Å². The molecule has 0 aliphatic rings. The molecule has 0 heterocycles. The van der Waals surface area contributed by atoms with Gasteiger partial charge in [-0.3, -0.25) is 0 Å². The van der Waals surface area contributed by atoms with E-state index in [2.05, 4.69) is 0 Å². The van der Waals surface area contributed by atoms with E-state index >= 15 is 0 Å². The van der Waals surface area contributed by atoms with Crippen LogP contribution in [0.4, 0.5) is 18.9 Å². The van der Waals surface area contributed by atoms with Crippen molar-refractivity contribution >= 4 is 5.69 Å². The van der Waals surface area contributed by atoms with E-state index in [0.717, 1.165) is 11.8 Å². The Bertz CT molecular complexity index is 621. The van der Waals surface area contributed by atoms with Crippen LogP contribution in [0.25, 0.3) is 0 Å². The monoisotopic (exact) mass is 294 g/mol. The lowest BCUT2D eigenvalue weighted by Crippen LogP contribution is -2.19. The Kier molecular flexibility index (Phi) is 4.23. The topological polar surface area (TPSA) is 29.3 Å². The zero-order valence-electron chi connectivity index (χ0n) is 11.9. The lowest BCUT2D eigenvalue weighted by molar-refractivity contribution is -0.138. The van der Waals surface area contributed by atoms with Gasteiger partial charge in [-0.1, -0.05) is 30.3 Å². The molecule has 112 valence electrons. The van der Waals surface area contributed by atoms with E-state index in [9.17, 15) is 13.2 Å². The molecule has 1 unspecified atom stereocenters. The molecule has 0 saturated carbocycles.